The fraction of sp³-hybridized carbons (Fsp3) is 0.304. The lowest BCUT2D eigenvalue weighted by Gasteiger charge is -2.19. The highest BCUT2D eigenvalue weighted by Crippen LogP contribution is 2.26. The Hall–Kier alpha value is -3.15. The molecule has 2 heterocycles. The molecular weight excluding hydrogens is 369 g/mol. The molecule has 150 valence electrons. The van der Waals surface area contributed by atoms with Crippen LogP contribution in [-0.2, 0) is 11.2 Å². The number of oxazole rings is 1. The van der Waals surface area contributed by atoms with E-state index in [9.17, 15) is 9.18 Å². The Bertz CT molecular complexity index is 992. The topological polar surface area (TPSA) is 58.4 Å². The average Bonchev–Trinajstić information content (AvgIpc) is 3.41. The summed E-state index contributed by atoms with van der Waals surface area (Å²) in [5.74, 6) is 0.673. The number of hydrogen-bond donors (Lipinski definition) is 1. The summed E-state index contributed by atoms with van der Waals surface area (Å²) in [7, 11) is 0. The van der Waals surface area contributed by atoms with Crippen LogP contribution in [0.5, 0.6) is 0 Å². The molecule has 2 aromatic carbocycles. The number of hydrogen-bond acceptors (Lipinski definition) is 4. The molecule has 0 unspecified atom stereocenters. The Kier molecular flexibility index (Phi) is 5.60. The summed E-state index contributed by atoms with van der Waals surface area (Å²) in [6.07, 6.45) is 4.75. The van der Waals surface area contributed by atoms with E-state index in [2.05, 4.69) is 27.3 Å². The van der Waals surface area contributed by atoms with Crippen molar-refractivity contribution in [2.24, 2.45) is 0 Å². The Balaban J connectivity index is 1.33. The summed E-state index contributed by atoms with van der Waals surface area (Å²) in [4.78, 5) is 19.0. The van der Waals surface area contributed by atoms with Crippen molar-refractivity contribution in [1.82, 2.24) is 4.98 Å². The lowest BCUT2D eigenvalue weighted by atomic mass is 10.1. The molecule has 1 amide bonds. The number of halogens is 1. The maximum atomic E-state index is 13.0. The van der Waals surface area contributed by atoms with Crippen LogP contribution in [-0.4, -0.2) is 24.0 Å². The van der Waals surface area contributed by atoms with Gasteiger partial charge in [-0.1, -0.05) is 0 Å². The summed E-state index contributed by atoms with van der Waals surface area (Å²) in [6.45, 7) is 4.21. The number of anilines is 2. The first-order valence-electron chi connectivity index (χ1n) is 9.94. The minimum absolute atomic E-state index is 0.0800. The molecule has 0 bridgehead atoms. The van der Waals surface area contributed by atoms with Gasteiger partial charge in [-0.05, 0) is 67.8 Å². The summed E-state index contributed by atoms with van der Waals surface area (Å²) >= 11 is 0. The van der Waals surface area contributed by atoms with E-state index in [-0.39, 0.29) is 18.1 Å². The van der Waals surface area contributed by atoms with Crippen LogP contribution >= 0.6 is 0 Å². The zero-order valence-electron chi connectivity index (χ0n) is 16.5. The molecule has 1 fully saturated rings. The van der Waals surface area contributed by atoms with Crippen LogP contribution in [0, 0.1) is 12.7 Å². The van der Waals surface area contributed by atoms with Crippen LogP contribution in [0.4, 0.5) is 15.8 Å². The van der Waals surface area contributed by atoms with Gasteiger partial charge in [0.1, 0.15) is 5.82 Å². The molecule has 1 aliphatic heterocycles. The second-order valence-electron chi connectivity index (χ2n) is 7.37. The molecule has 29 heavy (non-hydrogen) atoms. The molecule has 1 N–H and O–H groups in total. The van der Waals surface area contributed by atoms with E-state index < -0.39 is 0 Å². The molecule has 1 aliphatic rings. The van der Waals surface area contributed by atoms with Crippen LogP contribution < -0.4 is 10.2 Å². The maximum absolute atomic E-state index is 13.0. The van der Waals surface area contributed by atoms with Crippen LogP contribution in [0.25, 0.3) is 11.3 Å². The van der Waals surface area contributed by atoms with Crippen LogP contribution in [0.1, 0.15) is 30.7 Å². The summed E-state index contributed by atoms with van der Waals surface area (Å²) in [6, 6.07) is 12.2. The van der Waals surface area contributed by atoms with Gasteiger partial charge in [0.05, 0.1) is 6.20 Å². The van der Waals surface area contributed by atoms with Crippen molar-refractivity contribution in [1.29, 1.82) is 0 Å². The van der Waals surface area contributed by atoms with E-state index >= 15 is 0 Å². The van der Waals surface area contributed by atoms with Gasteiger partial charge >= 0.3 is 0 Å². The molecule has 5 nitrogen and oxygen atoms in total. The zero-order valence-corrected chi connectivity index (χ0v) is 16.5. The highest BCUT2D eigenvalue weighted by Gasteiger charge is 2.14. The van der Waals surface area contributed by atoms with Crippen molar-refractivity contribution in [3.8, 4) is 11.3 Å². The molecule has 1 aromatic heterocycles. The molecule has 0 spiro atoms. The van der Waals surface area contributed by atoms with Crippen molar-refractivity contribution in [2.45, 2.75) is 32.6 Å². The van der Waals surface area contributed by atoms with Crippen LogP contribution in [0.15, 0.2) is 53.1 Å². The normalized spacial score (nSPS) is 13.7. The van der Waals surface area contributed by atoms with Gasteiger partial charge in [-0.2, -0.15) is 0 Å². The SMILES string of the molecule is Cc1cc(N2CCCC2)ccc1NC(=O)CCc1ncc(-c2ccc(F)cc2)o1. The Morgan fingerprint density at radius 2 is 1.93 bits per heavy atom. The van der Waals surface area contributed by atoms with Gasteiger partial charge in [-0.25, -0.2) is 9.37 Å². The fourth-order valence-electron chi connectivity index (χ4n) is 3.57. The summed E-state index contributed by atoms with van der Waals surface area (Å²) in [5, 5.41) is 2.97. The van der Waals surface area contributed by atoms with Crippen molar-refractivity contribution in [3.05, 3.63) is 65.9 Å². The minimum Gasteiger partial charge on any atom is -0.441 e. The third kappa shape index (κ3) is 4.65. The van der Waals surface area contributed by atoms with E-state index in [4.69, 9.17) is 4.42 Å². The quantitative estimate of drug-likeness (QED) is 0.643. The zero-order chi connectivity index (χ0) is 20.2. The van der Waals surface area contributed by atoms with E-state index in [0.29, 0.717) is 18.1 Å². The fourth-order valence-corrected chi connectivity index (χ4v) is 3.57. The predicted octanol–water partition coefficient (Wildman–Crippen LogP) is 4.96. The smallest absolute Gasteiger partial charge is 0.224 e. The highest BCUT2D eigenvalue weighted by atomic mass is 19.1. The van der Waals surface area contributed by atoms with Gasteiger partial charge in [0, 0.05) is 42.9 Å². The number of aromatic nitrogens is 1. The van der Waals surface area contributed by atoms with Crippen molar-refractivity contribution in [3.63, 3.8) is 0 Å². The van der Waals surface area contributed by atoms with Crippen LogP contribution in [0.3, 0.4) is 0 Å². The third-order valence-electron chi connectivity index (χ3n) is 5.20. The first-order chi connectivity index (χ1) is 14.1. The monoisotopic (exact) mass is 393 g/mol. The van der Waals surface area contributed by atoms with Crippen molar-refractivity contribution >= 4 is 17.3 Å². The molecule has 3 aromatic rings. The lowest BCUT2D eigenvalue weighted by molar-refractivity contribution is -0.116. The maximum Gasteiger partial charge on any atom is 0.224 e. The number of rotatable bonds is 6. The van der Waals surface area contributed by atoms with Crippen molar-refractivity contribution < 1.29 is 13.6 Å². The van der Waals surface area contributed by atoms with Gasteiger partial charge in [0.2, 0.25) is 5.91 Å². The predicted molar refractivity (Wildman–Crippen MR) is 111 cm³/mol. The molecular formula is C23H24FN3O2. The largest absolute Gasteiger partial charge is 0.441 e. The first-order valence-corrected chi connectivity index (χ1v) is 9.94. The van der Waals surface area contributed by atoms with Gasteiger partial charge in [-0.15, -0.1) is 0 Å². The molecule has 1 saturated heterocycles. The first kappa shape index (κ1) is 19.2. The highest BCUT2D eigenvalue weighted by molar-refractivity contribution is 5.91. The van der Waals surface area contributed by atoms with Gasteiger partial charge < -0.3 is 14.6 Å². The Morgan fingerprint density at radius 3 is 2.66 bits per heavy atom. The molecule has 4 rings (SSSR count). The summed E-state index contributed by atoms with van der Waals surface area (Å²) < 4.78 is 18.7. The number of carbonyl (C=O) groups is 1. The van der Waals surface area contributed by atoms with Crippen LogP contribution in [0.2, 0.25) is 0 Å². The average molecular weight is 393 g/mol. The molecule has 0 radical (unpaired) electrons. The summed E-state index contributed by atoms with van der Waals surface area (Å²) in [5.41, 5.74) is 3.85. The van der Waals surface area contributed by atoms with Gasteiger partial charge in [0.25, 0.3) is 0 Å². The van der Waals surface area contributed by atoms with E-state index in [1.165, 1.54) is 30.7 Å². The number of amides is 1. The van der Waals surface area contributed by atoms with Gasteiger partial charge in [-0.3, -0.25) is 4.79 Å². The Morgan fingerprint density at radius 1 is 1.17 bits per heavy atom. The van der Waals surface area contributed by atoms with E-state index in [1.54, 1.807) is 18.3 Å². The molecule has 0 aliphatic carbocycles. The van der Waals surface area contributed by atoms with Gasteiger partial charge in [0.15, 0.2) is 11.7 Å². The number of aryl methyl sites for hydroxylation is 2. The van der Waals surface area contributed by atoms with E-state index in [0.717, 1.165) is 29.9 Å². The standard InChI is InChI=1S/C23H24FN3O2/c1-16-14-19(27-12-2-3-13-27)8-9-20(16)26-22(28)10-11-23-25-15-21(29-23)17-4-6-18(24)7-5-17/h4-9,14-15H,2-3,10-13H2,1H3,(H,26,28). The second kappa shape index (κ2) is 8.47. The third-order valence-corrected chi connectivity index (χ3v) is 5.20. The molecule has 0 atom stereocenters. The lowest BCUT2D eigenvalue weighted by Crippen LogP contribution is -2.18. The minimum atomic E-state index is -0.297. The number of carbonyl (C=O) groups excluding carboxylic acids is 1. The second-order valence-corrected chi connectivity index (χ2v) is 7.37. The Labute approximate surface area is 169 Å². The number of nitrogens with zero attached hydrogens (tertiary/aromatic N) is 2. The van der Waals surface area contributed by atoms with E-state index in [1.807, 2.05) is 13.0 Å². The van der Waals surface area contributed by atoms with Crippen molar-refractivity contribution in [2.75, 3.05) is 23.3 Å². The molecule has 6 heteroatoms. The molecule has 0 saturated carbocycles. The number of benzene rings is 2. The number of nitrogens with one attached hydrogen (secondary N) is 1.